The lowest BCUT2D eigenvalue weighted by atomic mass is 10.2. The van der Waals surface area contributed by atoms with Crippen LogP contribution >= 0.6 is 0 Å². The van der Waals surface area contributed by atoms with Crippen molar-refractivity contribution in [3.8, 4) is 5.75 Å². The van der Waals surface area contributed by atoms with Crippen LogP contribution in [0.4, 0.5) is 27.8 Å². The molecule has 0 radical (unpaired) electrons. The highest BCUT2D eigenvalue weighted by atomic mass is 16.7. The number of rotatable bonds is 8. The van der Waals surface area contributed by atoms with Gasteiger partial charge in [-0.3, -0.25) is 4.79 Å². The largest absolute Gasteiger partial charge is 0.455 e. The molecule has 32 heavy (non-hydrogen) atoms. The fraction of sp³-hybridized carbons (Fsp3) is 0.350. The Morgan fingerprint density at radius 3 is 2.75 bits per heavy atom. The van der Waals surface area contributed by atoms with Crippen molar-refractivity contribution in [3.63, 3.8) is 0 Å². The smallest absolute Gasteiger partial charge is 0.412 e. The van der Waals surface area contributed by atoms with Gasteiger partial charge in [-0.15, -0.1) is 10.2 Å². The number of para-hydroxylation sites is 1. The highest BCUT2D eigenvalue weighted by molar-refractivity contribution is 5.91. The fourth-order valence-corrected chi connectivity index (χ4v) is 3.08. The standard InChI is InChI=1S/C20H25N7O5/c21-10-18(29)23-17-8-7-15(19(22)24-17)26-25-14-5-1-2-6-16(14)31-12-32-20(30)27-9-3-4-13(27)11-28/h1-2,5-8,13,28H,3-4,9-12,21H2,(H3,22,23,24,29)/b26-25+. The summed E-state index contributed by atoms with van der Waals surface area (Å²) in [6, 6.07) is 9.66. The molecule has 6 N–H and O–H groups in total. The van der Waals surface area contributed by atoms with Crippen molar-refractivity contribution in [2.45, 2.75) is 18.9 Å². The number of hydrogen-bond acceptors (Lipinski definition) is 10. The van der Waals surface area contributed by atoms with Gasteiger partial charge < -0.3 is 36.3 Å². The number of nitrogens with zero attached hydrogens (tertiary/aromatic N) is 4. The van der Waals surface area contributed by atoms with E-state index >= 15 is 0 Å². The molecule has 12 heteroatoms. The zero-order valence-corrected chi connectivity index (χ0v) is 17.3. The van der Waals surface area contributed by atoms with Crippen molar-refractivity contribution in [1.29, 1.82) is 0 Å². The van der Waals surface area contributed by atoms with Gasteiger partial charge in [0.05, 0.1) is 19.2 Å². The van der Waals surface area contributed by atoms with Gasteiger partial charge in [0.25, 0.3) is 0 Å². The maximum absolute atomic E-state index is 12.2. The van der Waals surface area contributed by atoms with E-state index in [2.05, 4.69) is 20.5 Å². The van der Waals surface area contributed by atoms with Gasteiger partial charge in [0.1, 0.15) is 17.2 Å². The molecule has 0 aliphatic carbocycles. The van der Waals surface area contributed by atoms with Crippen LogP contribution in [0.3, 0.4) is 0 Å². The molecule has 170 valence electrons. The van der Waals surface area contributed by atoms with Gasteiger partial charge in [-0.05, 0) is 37.1 Å². The summed E-state index contributed by atoms with van der Waals surface area (Å²) in [6.45, 7) is -0.0506. The van der Waals surface area contributed by atoms with E-state index in [9.17, 15) is 14.7 Å². The molecule has 1 aliphatic rings. The molecule has 1 unspecified atom stereocenters. The van der Waals surface area contributed by atoms with E-state index in [1.165, 1.54) is 11.0 Å². The molecule has 2 heterocycles. The number of anilines is 2. The van der Waals surface area contributed by atoms with Gasteiger partial charge in [0.2, 0.25) is 12.7 Å². The van der Waals surface area contributed by atoms with Crippen molar-refractivity contribution in [2.24, 2.45) is 16.0 Å². The molecule has 1 aromatic heterocycles. The van der Waals surface area contributed by atoms with Crippen LogP contribution in [-0.4, -0.2) is 59.5 Å². The molecule has 0 saturated carbocycles. The number of aromatic nitrogens is 1. The van der Waals surface area contributed by atoms with Crippen molar-refractivity contribution in [2.75, 3.05) is 37.5 Å². The molecule has 2 aromatic rings. The Labute approximate surface area is 184 Å². The van der Waals surface area contributed by atoms with Crippen LogP contribution in [0.1, 0.15) is 12.8 Å². The van der Waals surface area contributed by atoms with E-state index in [0.717, 1.165) is 12.8 Å². The maximum Gasteiger partial charge on any atom is 0.412 e. The molecule has 1 aromatic carbocycles. The fourth-order valence-electron chi connectivity index (χ4n) is 3.08. The number of ether oxygens (including phenoxy) is 2. The third kappa shape index (κ3) is 5.89. The second kappa shape index (κ2) is 11.0. The molecule has 2 amide bonds. The van der Waals surface area contributed by atoms with E-state index in [1.54, 1.807) is 30.3 Å². The molecule has 3 rings (SSSR count). The average molecular weight is 443 g/mol. The van der Waals surface area contributed by atoms with E-state index in [4.69, 9.17) is 20.9 Å². The lowest BCUT2D eigenvalue weighted by Crippen LogP contribution is -2.38. The Bertz CT molecular complexity index is 985. The number of azo groups is 1. The first-order chi connectivity index (χ1) is 15.5. The Balaban J connectivity index is 1.61. The summed E-state index contributed by atoms with van der Waals surface area (Å²) in [5, 5.41) is 20.0. The van der Waals surface area contributed by atoms with Crippen LogP contribution in [-0.2, 0) is 9.53 Å². The number of nitrogens with one attached hydrogen (secondary N) is 1. The predicted molar refractivity (Wildman–Crippen MR) is 116 cm³/mol. The number of benzene rings is 1. The monoisotopic (exact) mass is 443 g/mol. The van der Waals surface area contributed by atoms with Crippen LogP contribution in [0, 0.1) is 0 Å². The molecule has 1 fully saturated rings. The number of pyridine rings is 1. The molecular formula is C20H25N7O5. The number of carbonyl (C=O) groups is 2. The minimum atomic E-state index is -0.540. The van der Waals surface area contributed by atoms with Gasteiger partial charge >= 0.3 is 6.09 Å². The van der Waals surface area contributed by atoms with Gasteiger partial charge in [-0.1, -0.05) is 12.1 Å². The Morgan fingerprint density at radius 2 is 2.00 bits per heavy atom. The molecule has 1 saturated heterocycles. The zero-order valence-electron chi connectivity index (χ0n) is 17.3. The molecule has 1 aliphatic heterocycles. The van der Waals surface area contributed by atoms with E-state index in [0.29, 0.717) is 23.7 Å². The first kappa shape index (κ1) is 22.9. The summed E-state index contributed by atoms with van der Waals surface area (Å²) in [4.78, 5) is 29.0. The van der Waals surface area contributed by atoms with E-state index < -0.39 is 12.0 Å². The number of aliphatic hydroxyl groups excluding tert-OH is 1. The van der Waals surface area contributed by atoms with Gasteiger partial charge in [0, 0.05) is 6.54 Å². The maximum atomic E-state index is 12.2. The van der Waals surface area contributed by atoms with Crippen LogP contribution in [0.15, 0.2) is 46.6 Å². The van der Waals surface area contributed by atoms with Crippen LogP contribution < -0.4 is 21.5 Å². The molecular weight excluding hydrogens is 418 g/mol. The summed E-state index contributed by atoms with van der Waals surface area (Å²) >= 11 is 0. The Morgan fingerprint density at radius 1 is 1.22 bits per heavy atom. The van der Waals surface area contributed by atoms with Crippen molar-refractivity contribution in [1.82, 2.24) is 9.88 Å². The van der Waals surface area contributed by atoms with E-state index in [-0.39, 0.29) is 37.6 Å². The molecule has 0 bridgehead atoms. The minimum Gasteiger partial charge on any atom is -0.455 e. The number of likely N-dealkylation sites (tertiary alicyclic amines) is 1. The lowest BCUT2D eigenvalue weighted by Gasteiger charge is -2.22. The quantitative estimate of drug-likeness (QED) is 0.353. The zero-order chi connectivity index (χ0) is 22.9. The van der Waals surface area contributed by atoms with Crippen molar-refractivity contribution in [3.05, 3.63) is 36.4 Å². The highest BCUT2D eigenvalue weighted by Gasteiger charge is 2.29. The number of aliphatic hydroxyl groups is 1. The molecule has 1 atom stereocenters. The third-order valence-electron chi connectivity index (χ3n) is 4.71. The average Bonchev–Trinajstić information content (AvgIpc) is 3.28. The first-order valence-electron chi connectivity index (χ1n) is 9.96. The summed E-state index contributed by atoms with van der Waals surface area (Å²) in [7, 11) is 0. The van der Waals surface area contributed by atoms with Crippen molar-refractivity contribution >= 4 is 35.0 Å². The lowest BCUT2D eigenvalue weighted by molar-refractivity contribution is -0.114. The topological polar surface area (TPSA) is 178 Å². The van der Waals surface area contributed by atoms with Crippen LogP contribution in [0.2, 0.25) is 0 Å². The van der Waals surface area contributed by atoms with Gasteiger partial charge in [-0.2, -0.15) is 0 Å². The predicted octanol–water partition coefficient (Wildman–Crippen LogP) is 1.91. The van der Waals surface area contributed by atoms with Gasteiger partial charge in [-0.25, -0.2) is 9.78 Å². The second-order valence-corrected chi connectivity index (χ2v) is 6.87. The number of hydrogen-bond donors (Lipinski definition) is 4. The van der Waals surface area contributed by atoms with Gasteiger partial charge in [0.15, 0.2) is 11.6 Å². The number of carbonyl (C=O) groups excluding carboxylic acids is 2. The van der Waals surface area contributed by atoms with Crippen LogP contribution in [0.25, 0.3) is 0 Å². The highest BCUT2D eigenvalue weighted by Crippen LogP contribution is 2.30. The molecule has 12 nitrogen and oxygen atoms in total. The Hall–Kier alpha value is -3.77. The molecule has 0 spiro atoms. The first-order valence-corrected chi connectivity index (χ1v) is 9.96. The second-order valence-electron chi connectivity index (χ2n) is 6.87. The summed E-state index contributed by atoms with van der Waals surface area (Å²) in [5.74, 6) is 0.279. The summed E-state index contributed by atoms with van der Waals surface area (Å²) < 4.78 is 10.7. The summed E-state index contributed by atoms with van der Waals surface area (Å²) in [6.07, 6.45) is 1.03. The summed E-state index contributed by atoms with van der Waals surface area (Å²) in [5.41, 5.74) is 11.8. The normalized spacial score (nSPS) is 15.7. The third-order valence-corrected chi connectivity index (χ3v) is 4.71. The number of amides is 2. The van der Waals surface area contributed by atoms with E-state index in [1.807, 2.05) is 0 Å². The minimum absolute atomic E-state index is 0.0694. The Kier molecular flexibility index (Phi) is 7.89. The SMILES string of the molecule is NCC(=O)Nc1ccc(/N=N/c2ccccc2OCOC(=O)N2CCCC2CO)c(N)n1. The number of nitrogen functional groups attached to an aromatic ring is 1. The number of nitrogens with two attached hydrogens (primary N) is 2. The van der Waals surface area contributed by atoms with Crippen molar-refractivity contribution < 1.29 is 24.2 Å². The van der Waals surface area contributed by atoms with Crippen LogP contribution in [0.5, 0.6) is 5.75 Å².